The predicted molar refractivity (Wildman–Crippen MR) is 72.6 cm³/mol. The Balaban J connectivity index is 1.90. The zero-order valence-electron chi connectivity index (χ0n) is 11.3. The number of nitrogens with one attached hydrogen (secondary N) is 1. The smallest absolute Gasteiger partial charge is 0.208 e. The number of nitrogens with zero attached hydrogens (tertiary/aromatic N) is 1. The average Bonchev–Trinajstić information content (AvgIpc) is 2.35. The van der Waals surface area contributed by atoms with Crippen molar-refractivity contribution in [3.63, 3.8) is 0 Å². The van der Waals surface area contributed by atoms with Gasteiger partial charge in [-0.25, -0.2) is 21.9 Å². The number of piperidine rings is 1. The van der Waals surface area contributed by atoms with Crippen LogP contribution in [0.2, 0.25) is 0 Å². The highest BCUT2D eigenvalue weighted by atomic mass is 32.2. The van der Waals surface area contributed by atoms with E-state index in [9.17, 15) is 17.2 Å². The summed E-state index contributed by atoms with van der Waals surface area (Å²) in [5, 5.41) is 0. The fourth-order valence-electron chi connectivity index (χ4n) is 2.42. The minimum atomic E-state index is -3.19. The van der Waals surface area contributed by atoms with Crippen LogP contribution >= 0.6 is 0 Å². The number of rotatable bonds is 4. The number of benzene rings is 1. The first-order valence-electron chi connectivity index (χ1n) is 6.48. The Morgan fingerprint density at radius 2 is 1.95 bits per heavy atom. The lowest BCUT2D eigenvalue weighted by Gasteiger charge is -2.32. The molecule has 1 fully saturated rings. The quantitative estimate of drug-likeness (QED) is 0.916. The van der Waals surface area contributed by atoms with Crippen molar-refractivity contribution in [2.75, 3.05) is 19.3 Å². The van der Waals surface area contributed by atoms with Crippen LogP contribution in [0.5, 0.6) is 0 Å². The standard InChI is InChI=1S/C13H18F2N2O2S/c1-20(18,19)16-11-5-7-17(8-6-11)9-10-3-2-4-12(14)13(10)15/h2-4,11,16H,5-9H2,1H3. The molecule has 4 nitrogen and oxygen atoms in total. The number of hydrogen-bond donors (Lipinski definition) is 1. The van der Waals surface area contributed by atoms with E-state index in [1.54, 1.807) is 6.07 Å². The van der Waals surface area contributed by atoms with Crippen LogP contribution in [-0.4, -0.2) is 38.7 Å². The first-order valence-corrected chi connectivity index (χ1v) is 8.37. The fraction of sp³-hybridized carbons (Fsp3) is 0.538. The summed E-state index contributed by atoms with van der Waals surface area (Å²) < 4.78 is 51.5. The Morgan fingerprint density at radius 3 is 2.55 bits per heavy atom. The van der Waals surface area contributed by atoms with E-state index >= 15 is 0 Å². The van der Waals surface area contributed by atoms with E-state index in [-0.39, 0.29) is 6.04 Å². The van der Waals surface area contributed by atoms with E-state index < -0.39 is 21.7 Å². The lowest BCUT2D eigenvalue weighted by molar-refractivity contribution is 0.197. The summed E-state index contributed by atoms with van der Waals surface area (Å²) >= 11 is 0. The molecule has 0 atom stereocenters. The van der Waals surface area contributed by atoms with Crippen LogP contribution < -0.4 is 4.72 Å². The number of hydrogen-bond acceptors (Lipinski definition) is 3. The molecule has 1 aliphatic heterocycles. The number of sulfonamides is 1. The fourth-order valence-corrected chi connectivity index (χ4v) is 3.26. The highest BCUT2D eigenvalue weighted by Gasteiger charge is 2.22. The molecule has 0 amide bonds. The lowest BCUT2D eigenvalue weighted by atomic mass is 10.1. The van der Waals surface area contributed by atoms with Gasteiger partial charge in [0.1, 0.15) is 0 Å². The largest absolute Gasteiger partial charge is 0.299 e. The summed E-state index contributed by atoms with van der Waals surface area (Å²) in [6.45, 7) is 1.65. The maximum Gasteiger partial charge on any atom is 0.208 e. The zero-order chi connectivity index (χ0) is 14.8. The summed E-state index contributed by atoms with van der Waals surface area (Å²) in [4.78, 5) is 2.00. The van der Waals surface area contributed by atoms with Gasteiger partial charge in [0.15, 0.2) is 11.6 Å². The molecule has 1 aromatic rings. The lowest BCUT2D eigenvalue weighted by Crippen LogP contribution is -2.44. The molecular formula is C13H18F2N2O2S. The van der Waals surface area contributed by atoms with Gasteiger partial charge in [0.25, 0.3) is 0 Å². The SMILES string of the molecule is CS(=O)(=O)NC1CCN(Cc2cccc(F)c2F)CC1. The van der Waals surface area contributed by atoms with Crippen molar-refractivity contribution in [2.24, 2.45) is 0 Å². The van der Waals surface area contributed by atoms with Gasteiger partial charge in [0, 0.05) is 31.2 Å². The van der Waals surface area contributed by atoms with Crippen LogP contribution in [0, 0.1) is 11.6 Å². The maximum absolute atomic E-state index is 13.6. The van der Waals surface area contributed by atoms with Gasteiger partial charge in [0.05, 0.1) is 6.26 Å². The third kappa shape index (κ3) is 4.22. The predicted octanol–water partition coefficient (Wildman–Crippen LogP) is 1.48. The van der Waals surface area contributed by atoms with E-state index in [0.717, 1.165) is 12.3 Å². The zero-order valence-corrected chi connectivity index (χ0v) is 12.1. The minimum Gasteiger partial charge on any atom is -0.299 e. The number of halogens is 2. The molecule has 0 saturated carbocycles. The number of likely N-dealkylation sites (tertiary alicyclic amines) is 1. The molecule has 1 aliphatic rings. The van der Waals surface area contributed by atoms with Crippen molar-refractivity contribution in [3.8, 4) is 0 Å². The second kappa shape index (κ2) is 6.15. The minimum absolute atomic E-state index is 0.0707. The molecular weight excluding hydrogens is 286 g/mol. The third-order valence-electron chi connectivity index (χ3n) is 3.39. The van der Waals surface area contributed by atoms with E-state index in [4.69, 9.17) is 0 Å². The molecule has 0 aliphatic carbocycles. The normalized spacial score (nSPS) is 18.4. The van der Waals surface area contributed by atoms with Crippen molar-refractivity contribution < 1.29 is 17.2 Å². The van der Waals surface area contributed by atoms with Gasteiger partial charge in [-0.1, -0.05) is 12.1 Å². The molecule has 0 spiro atoms. The summed E-state index contributed by atoms with van der Waals surface area (Å²) in [6.07, 6.45) is 2.48. The van der Waals surface area contributed by atoms with Gasteiger partial charge in [-0.2, -0.15) is 0 Å². The van der Waals surface area contributed by atoms with Crippen molar-refractivity contribution in [1.82, 2.24) is 9.62 Å². The second-order valence-corrected chi connectivity index (χ2v) is 6.93. The van der Waals surface area contributed by atoms with Gasteiger partial charge in [-0.15, -0.1) is 0 Å². The molecule has 1 aromatic carbocycles. The van der Waals surface area contributed by atoms with Crippen LogP contribution in [0.15, 0.2) is 18.2 Å². The van der Waals surface area contributed by atoms with Crippen LogP contribution in [0.1, 0.15) is 18.4 Å². The third-order valence-corrected chi connectivity index (χ3v) is 4.16. The summed E-state index contributed by atoms with van der Waals surface area (Å²) in [5.74, 6) is -1.64. The molecule has 112 valence electrons. The Kier molecular flexibility index (Phi) is 4.72. The topological polar surface area (TPSA) is 49.4 Å². The van der Waals surface area contributed by atoms with Crippen molar-refractivity contribution in [2.45, 2.75) is 25.4 Å². The monoisotopic (exact) mass is 304 g/mol. The highest BCUT2D eigenvalue weighted by molar-refractivity contribution is 7.88. The van der Waals surface area contributed by atoms with Gasteiger partial charge < -0.3 is 0 Å². The van der Waals surface area contributed by atoms with Gasteiger partial charge in [0.2, 0.25) is 10.0 Å². The van der Waals surface area contributed by atoms with Crippen molar-refractivity contribution >= 4 is 10.0 Å². The van der Waals surface area contributed by atoms with Crippen LogP contribution in [-0.2, 0) is 16.6 Å². The molecule has 0 aromatic heterocycles. The Bertz CT molecular complexity index is 570. The van der Waals surface area contributed by atoms with Gasteiger partial charge in [-0.3, -0.25) is 4.90 Å². The van der Waals surface area contributed by atoms with E-state index in [1.165, 1.54) is 6.07 Å². The van der Waals surface area contributed by atoms with Crippen molar-refractivity contribution in [3.05, 3.63) is 35.4 Å². The average molecular weight is 304 g/mol. The Hall–Kier alpha value is -1.05. The summed E-state index contributed by atoms with van der Waals surface area (Å²) in [6, 6.07) is 4.09. The van der Waals surface area contributed by atoms with Crippen LogP contribution in [0.4, 0.5) is 8.78 Å². The molecule has 1 saturated heterocycles. The maximum atomic E-state index is 13.6. The van der Waals surface area contributed by atoms with E-state index in [0.29, 0.717) is 38.0 Å². The molecule has 1 N–H and O–H groups in total. The Labute approximate surface area is 117 Å². The molecule has 7 heteroatoms. The van der Waals surface area contributed by atoms with Crippen LogP contribution in [0.3, 0.4) is 0 Å². The molecule has 0 bridgehead atoms. The first-order chi connectivity index (χ1) is 9.35. The van der Waals surface area contributed by atoms with E-state index in [2.05, 4.69) is 4.72 Å². The molecule has 0 unspecified atom stereocenters. The molecule has 0 radical (unpaired) electrons. The van der Waals surface area contributed by atoms with Gasteiger partial charge in [-0.05, 0) is 18.9 Å². The Morgan fingerprint density at radius 1 is 1.30 bits per heavy atom. The highest BCUT2D eigenvalue weighted by Crippen LogP contribution is 2.17. The first kappa shape index (κ1) is 15.3. The van der Waals surface area contributed by atoms with Crippen molar-refractivity contribution in [1.29, 1.82) is 0 Å². The molecule has 20 heavy (non-hydrogen) atoms. The molecule has 2 rings (SSSR count). The second-order valence-electron chi connectivity index (χ2n) is 5.15. The summed E-state index contributed by atoms with van der Waals surface area (Å²) in [7, 11) is -3.19. The van der Waals surface area contributed by atoms with Gasteiger partial charge >= 0.3 is 0 Å². The van der Waals surface area contributed by atoms with E-state index in [1.807, 2.05) is 4.90 Å². The summed E-state index contributed by atoms with van der Waals surface area (Å²) in [5.41, 5.74) is 0.333. The van der Waals surface area contributed by atoms with Crippen LogP contribution in [0.25, 0.3) is 0 Å². The molecule has 1 heterocycles.